The number of hydrogen-bond acceptors (Lipinski definition) is 6. The van der Waals surface area contributed by atoms with Crippen LogP contribution >= 0.6 is 0 Å². The van der Waals surface area contributed by atoms with Crippen molar-refractivity contribution in [3.8, 4) is 0 Å². The SMILES string of the molecule is O=C([O-])O.O=S(=O)([O-])[O-].[K+].[Zn+2]. The number of carboxylic acid groups (broad SMARTS) is 2. The van der Waals surface area contributed by atoms with E-state index >= 15 is 0 Å². The Bertz CT molecular complexity index is 161. The molecule has 0 spiro atoms. The molecule has 0 aromatic heterocycles. The van der Waals surface area contributed by atoms with Gasteiger partial charge in [0, 0.05) is 10.4 Å². The molecule has 11 heavy (non-hydrogen) atoms. The summed E-state index contributed by atoms with van der Waals surface area (Å²) in [5.74, 6) is 0. The maximum atomic E-state index is 8.52. The zero-order valence-electron chi connectivity index (χ0n) is 5.51. The van der Waals surface area contributed by atoms with E-state index in [4.69, 9.17) is 32.5 Å². The third kappa shape index (κ3) is 514. The van der Waals surface area contributed by atoms with Gasteiger partial charge in [0.1, 0.15) is 0 Å². The molecule has 0 bridgehead atoms. The molecule has 0 aliphatic rings. The van der Waals surface area contributed by atoms with E-state index in [2.05, 4.69) is 0 Å². The van der Waals surface area contributed by atoms with Crippen molar-refractivity contribution in [2.24, 2.45) is 0 Å². The van der Waals surface area contributed by atoms with Crippen LogP contribution in [0.25, 0.3) is 0 Å². The molecule has 1 N–H and O–H groups in total. The Morgan fingerprint density at radius 3 is 1.27 bits per heavy atom. The Morgan fingerprint density at radius 2 is 1.27 bits per heavy atom. The van der Waals surface area contributed by atoms with Gasteiger partial charge in [0.25, 0.3) is 0 Å². The molecule has 0 saturated carbocycles. The summed E-state index contributed by atoms with van der Waals surface area (Å²) in [7, 11) is -5.17. The van der Waals surface area contributed by atoms with E-state index in [1.54, 1.807) is 0 Å². The second-order valence-electron chi connectivity index (χ2n) is 0.674. The first kappa shape index (κ1) is 22.8. The van der Waals surface area contributed by atoms with Crippen LogP contribution in [0.2, 0.25) is 0 Å². The van der Waals surface area contributed by atoms with Crippen molar-refractivity contribution < 1.29 is 103 Å². The Morgan fingerprint density at radius 1 is 1.27 bits per heavy atom. The van der Waals surface area contributed by atoms with Gasteiger partial charge < -0.3 is 24.1 Å². The number of rotatable bonds is 0. The quantitative estimate of drug-likeness (QED) is 0.260. The molecule has 0 aromatic carbocycles. The largest absolute Gasteiger partial charge is 2.00 e. The minimum absolute atomic E-state index is 0. The maximum Gasteiger partial charge on any atom is 2.00 e. The van der Waals surface area contributed by atoms with E-state index in [1.165, 1.54) is 0 Å². The molecule has 10 heteroatoms. The van der Waals surface area contributed by atoms with E-state index in [9.17, 15) is 0 Å². The molecule has 0 heterocycles. The predicted octanol–water partition coefficient (Wildman–Crippen LogP) is -5.45. The molecular weight excluding hydrogens is 261 g/mol. The van der Waals surface area contributed by atoms with Crippen molar-refractivity contribution in [3.05, 3.63) is 0 Å². The Labute approximate surface area is 118 Å². The summed E-state index contributed by atoms with van der Waals surface area (Å²) in [6, 6.07) is 0. The van der Waals surface area contributed by atoms with Gasteiger partial charge in [-0.25, -0.2) is 0 Å². The van der Waals surface area contributed by atoms with Gasteiger partial charge in [-0.05, 0) is 0 Å². The summed E-state index contributed by atoms with van der Waals surface area (Å²) in [4.78, 5) is 8.44. The van der Waals surface area contributed by atoms with Crippen molar-refractivity contribution in [3.63, 3.8) is 0 Å². The third-order valence-electron chi connectivity index (χ3n) is 0. The monoisotopic (exact) mass is 260 g/mol. The van der Waals surface area contributed by atoms with Crippen LogP contribution in [0.15, 0.2) is 0 Å². The molecule has 0 amide bonds. The van der Waals surface area contributed by atoms with E-state index in [0.717, 1.165) is 0 Å². The molecule has 0 aromatic rings. The molecule has 0 aliphatic carbocycles. The molecule has 0 radical (unpaired) electrons. The summed E-state index contributed by atoms with van der Waals surface area (Å²) in [6.07, 6.45) is -2.08. The van der Waals surface area contributed by atoms with Crippen LogP contribution in [-0.4, -0.2) is 28.8 Å². The predicted molar refractivity (Wildman–Crippen MR) is 18.5 cm³/mol. The summed E-state index contributed by atoms with van der Waals surface area (Å²) in [5.41, 5.74) is 0. The van der Waals surface area contributed by atoms with Crippen molar-refractivity contribution in [2.45, 2.75) is 0 Å². The van der Waals surface area contributed by atoms with Crippen molar-refractivity contribution >= 4 is 16.6 Å². The second kappa shape index (κ2) is 11.4. The van der Waals surface area contributed by atoms with Crippen LogP contribution in [0.3, 0.4) is 0 Å². The van der Waals surface area contributed by atoms with Crippen molar-refractivity contribution in [1.82, 2.24) is 0 Å². The number of carbonyl (C=O) groups is 1. The summed E-state index contributed by atoms with van der Waals surface area (Å²) < 4.78 is 34.1. The van der Waals surface area contributed by atoms with Gasteiger partial charge in [-0.15, -0.1) is 0 Å². The minimum Gasteiger partial charge on any atom is -0.759 e. The van der Waals surface area contributed by atoms with E-state index in [-0.39, 0.29) is 70.9 Å². The average molecular weight is 262 g/mol. The van der Waals surface area contributed by atoms with Gasteiger partial charge in [-0.3, -0.25) is 8.42 Å². The average Bonchev–Trinajstić information content (AvgIpc) is 1.19. The van der Waals surface area contributed by atoms with Gasteiger partial charge >= 0.3 is 70.9 Å². The van der Waals surface area contributed by atoms with Gasteiger partial charge in [0.05, 0.1) is 0 Å². The Balaban J connectivity index is -0.0000000383. The zero-order chi connectivity index (χ0) is 8.08. The summed E-state index contributed by atoms with van der Waals surface area (Å²) in [5, 5.41) is 15.3. The van der Waals surface area contributed by atoms with E-state index in [0.29, 0.717) is 0 Å². The molecule has 0 unspecified atom stereocenters. The fourth-order valence-corrected chi connectivity index (χ4v) is 0. The molecular formula is CHKO7SZn. The first-order chi connectivity index (χ1) is 3.73. The fraction of sp³-hybridized carbons (Fsp3) is 0. The van der Waals surface area contributed by atoms with Gasteiger partial charge in [-0.2, -0.15) is 0 Å². The third-order valence-corrected chi connectivity index (χ3v) is 0. The van der Waals surface area contributed by atoms with E-state index in [1.807, 2.05) is 0 Å². The second-order valence-corrected chi connectivity index (χ2v) is 1.49. The van der Waals surface area contributed by atoms with Gasteiger partial charge in [0.15, 0.2) is 0 Å². The Kier molecular flexibility index (Phi) is 23.7. The van der Waals surface area contributed by atoms with E-state index < -0.39 is 16.6 Å². The van der Waals surface area contributed by atoms with Crippen LogP contribution < -0.4 is 56.5 Å². The molecule has 56 valence electrons. The molecule has 0 rings (SSSR count). The molecule has 7 nitrogen and oxygen atoms in total. The minimum atomic E-state index is -5.17. The Hall–Kier alpha value is 1.40. The topological polar surface area (TPSA) is 141 Å². The van der Waals surface area contributed by atoms with Crippen LogP contribution in [-0.2, 0) is 29.9 Å². The van der Waals surface area contributed by atoms with Crippen LogP contribution in [0.4, 0.5) is 4.79 Å². The zero-order valence-corrected chi connectivity index (χ0v) is 12.4. The summed E-state index contributed by atoms with van der Waals surface area (Å²) in [6.45, 7) is 0. The molecule has 0 saturated heterocycles. The molecule has 0 fully saturated rings. The fourth-order valence-electron chi connectivity index (χ4n) is 0. The van der Waals surface area contributed by atoms with Gasteiger partial charge in [0.2, 0.25) is 6.16 Å². The van der Waals surface area contributed by atoms with Crippen molar-refractivity contribution in [2.75, 3.05) is 0 Å². The standard InChI is InChI=1S/CH2O3.K.H2O4S.Zn/c2-1(3)4;;1-5(2,3)4;/h(H2,2,3,4);;(H2,1,2,3,4);/q;+1;;+2/p-3. The smallest absolute Gasteiger partial charge is 0.759 e. The summed E-state index contributed by atoms with van der Waals surface area (Å²) >= 11 is 0. The van der Waals surface area contributed by atoms with Crippen LogP contribution in [0.5, 0.6) is 0 Å². The first-order valence-electron chi connectivity index (χ1n) is 1.30. The van der Waals surface area contributed by atoms with Crippen molar-refractivity contribution in [1.29, 1.82) is 0 Å². The molecule has 0 aliphatic heterocycles. The molecule has 0 atom stereocenters. The first-order valence-corrected chi connectivity index (χ1v) is 2.63. The van der Waals surface area contributed by atoms with Crippen LogP contribution in [0.1, 0.15) is 0 Å². The van der Waals surface area contributed by atoms with Crippen LogP contribution in [0, 0.1) is 0 Å². The number of hydrogen-bond donors (Lipinski definition) is 1. The normalized spacial score (nSPS) is 7.45. The maximum absolute atomic E-state index is 8.52. The van der Waals surface area contributed by atoms with Gasteiger partial charge in [-0.1, -0.05) is 0 Å².